The zero-order valence-electron chi connectivity index (χ0n) is 22.3. The number of amides is 2. The number of nitrogens with one attached hydrogen (secondary N) is 1. The molecule has 0 saturated carbocycles. The first kappa shape index (κ1) is 29.1. The molecule has 0 aliphatic carbocycles. The maximum atomic E-state index is 13.7. The fraction of sp³-hybridized carbons (Fsp3) is 0.808. The van der Waals surface area contributed by atoms with Crippen molar-refractivity contribution in [2.45, 2.75) is 105 Å². The van der Waals surface area contributed by atoms with Crippen molar-refractivity contribution in [3.05, 3.63) is 11.6 Å². The second-order valence-electron chi connectivity index (χ2n) is 9.97. The minimum Gasteiger partial charge on any atom is -0.463 e. The Morgan fingerprint density at radius 1 is 1.12 bits per heavy atom. The molecule has 4 atom stereocenters. The van der Waals surface area contributed by atoms with Gasteiger partial charge in [0, 0.05) is 18.7 Å². The van der Waals surface area contributed by atoms with Gasteiger partial charge in [-0.1, -0.05) is 46.6 Å². The average Bonchev–Trinajstić information content (AvgIpc) is 2.78. The standard InChI is InChI=1S/C26H47N3O4/c1-10-19(7)23(27-24(30)21-14-12-13-15-29(21)18(5)6)25(31)28(9)22(17(3)4)16-20(8)26(32)33-11-2/h16-19,21-23H,10-15H2,1-9H3,(H,27,30)/b20-16+/t19-,21-,22?,23-/m1/s1. The summed E-state index contributed by atoms with van der Waals surface area (Å²) in [5.74, 6) is -0.484. The van der Waals surface area contributed by atoms with E-state index in [2.05, 4.69) is 24.1 Å². The molecule has 33 heavy (non-hydrogen) atoms. The largest absolute Gasteiger partial charge is 0.463 e. The van der Waals surface area contributed by atoms with Crippen molar-refractivity contribution in [2.24, 2.45) is 11.8 Å². The van der Waals surface area contributed by atoms with E-state index in [1.807, 2.05) is 27.7 Å². The van der Waals surface area contributed by atoms with Crippen LogP contribution >= 0.6 is 0 Å². The molecule has 0 bridgehead atoms. The zero-order valence-corrected chi connectivity index (χ0v) is 22.3. The van der Waals surface area contributed by atoms with Crippen molar-refractivity contribution in [1.29, 1.82) is 0 Å². The number of ether oxygens (including phenoxy) is 1. The van der Waals surface area contributed by atoms with E-state index in [0.29, 0.717) is 12.2 Å². The summed E-state index contributed by atoms with van der Waals surface area (Å²) in [4.78, 5) is 43.0. The van der Waals surface area contributed by atoms with Crippen molar-refractivity contribution in [2.75, 3.05) is 20.2 Å². The van der Waals surface area contributed by atoms with Gasteiger partial charge in [0.15, 0.2) is 0 Å². The van der Waals surface area contributed by atoms with Gasteiger partial charge >= 0.3 is 5.97 Å². The number of likely N-dealkylation sites (tertiary alicyclic amines) is 1. The molecule has 0 aromatic heterocycles. The first-order valence-corrected chi connectivity index (χ1v) is 12.6. The van der Waals surface area contributed by atoms with Crippen molar-refractivity contribution in [3.63, 3.8) is 0 Å². The average molecular weight is 466 g/mol. The van der Waals surface area contributed by atoms with E-state index in [1.165, 1.54) is 0 Å². The quantitative estimate of drug-likeness (QED) is 0.371. The molecular formula is C26H47N3O4. The van der Waals surface area contributed by atoms with Crippen LogP contribution in [0.5, 0.6) is 0 Å². The fourth-order valence-electron chi connectivity index (χ4n) is 4.47. The van der Waals surface area contributed by atoms with Gasteiger partial charge in [0.2, 0.25) is 11.8 Å². The van der Waals surface area contributed by atoms with Gasteiger partial charge in [-0.3, -0.25) is 14.5 Å². The van der Waals surface area contributed by atoms with E-state index in [-0.39, 0.29) is 47.7 Å². The van der Waals surface area contributed by atoms with Crippen molar-refractivity contribution >= 4 is 17.8 Å². The smallest absolute Gasteiger partial charge is 0.333 e. The predicted molar refractivity (Wildman–Crippen MR) is 133 cm³/mol. The topological polar surface area (TPSA) is 79.0 Å². The van der Waals surface area contributed by atoms with Gasteiger partial charge in [0.25, 0.3) is 0 Å². The van der Waals surface area contributed by atoms with Crippen LogP contribution in [0.4, 0.5) is 0 Å². The summed E-state index contributed by atoms with van der Waals surface area (Å²) in [6.07, 6.45) is 5.51. The molecule has 7 nitrogen and oxygen atoms in total. The van der Waals surface area contributed by atoms with Crippen molar-refractivity contribution < 1.29 is 19.1 Å². The molecule has 1 N–H and O–H groups in total. The number of nitrogens with zero attached hydrogens (tertiary/aromatic N) is 2. The van der Waals surface area contributed by atoms with Gasteiger partial charge in [-0.2, -0.15) is 0 Å². The maximum Gasteiger partial charge on any atom is 0.333 e. The summed E-state index contributed by atoms with van der Waals surface area (Å²) >= 11 is 0. The van der Waals surface area contributed by atoms with Gasteiger partial charge < -0.3 is 15.0 Å². The number of esters is 1. The normalized spacial score (nSPS) is 20.3. The Morgan fingerprint density at radius 3 is 2.27 bits per heavy atom. The molecule has 1 unspecified atom stereocenters. The van der Waals surface area contributed by atoms with Crippen molar-refractivity contribution in [1.82, 2.24) is 15.1 Å². The number of rotatable bonds is 11. The Bertz CT molecular complexity index is 689. The third-order valence-corrected chi connectivity index (χ3v) is 6.78. The van der Waals surface area contributed by atoms with E-state index in [4.69, 9.17) is 4.74 Å². The number of hydrogen-bond acceptors (Lipinski definition) is 5. The molecule has 0 aromatic rings. The molecule has 0 aromatic carbocycles. The number of likely N-dealkylation sites (N-methyl/N-ethyl adjacent to an activating group) is 1. The number of piperidine rings is 1. The highest BCUT2D eigenvalue weighted by Gasteiger charge is 2.36. The van der Waals surface area contributed by atoms with Crippen LogP contribution in [0.25, 0.3) is 0 Å². The second-order valence-corrected chi connectivity index (χ2v) is 9.97. The molecular weight excluding hydrogens is 418 g/mol. The predicted octanol–water partition coefficient (Wildman–Crippen LogP) is 3.77. The molecule has 0 spiro atoms. The van der Waals surface area contributed by atoms with Gasteiger partial charge in [-0.05, 0) is 58.9 Å². The molecule has 1 saturated heterocycles. The highest BCUT2D eigenvalue weighted by molar-refractivity contribution is 5.91. The van der Waals surface area contributed by atoms with Crippen LogP contribution in [0, 0.1) is 11.8 Å². The van der Waals surface area contributed by atoms with Gasteiger partial charge in [-0.25, -0.2) is 4.79 Å². The van der Waals surface area contributed by atoms with Crippen LogP contribution in [-0.2, 0) is 19.1 Å². The Morgan fingerprint density at radius 2 is 1.76 bits per heavy atom. The molecule has 1 heterocycles. The van der Waals surface area contributed by atoms with Crippen LogP contribution in [0.2, 0.25) is 0 Å². The summed E-state index contributed by atoms with van der Waals surface area (Å²) in [5, 5.41) is 3.11. The second kappa shape index (κ2) is 13.7. The maximum absolute atomic E-state index is 13.7. The summed E-state index contributed by atoms with van der Waals surface area (Å²) in [6, 6.07) is -0.814. The Balaban J connectivity index is 3.12. The molecule has 1 rings (SSSR count). The lowest BCUT2D eigenvalue weighted by molar-refractivity contribution is -0.140. The first-order valence-electron chi connectivity index (χ1n) is 12.6. The van der Waals surface area contributed by atoms with Crippen LogP contribution in [-0.4, -0.2) is 72.0 Å². The molecule has 7 heteroatoms. The number of hydrogen-bond donors (Lipinski definition) is 1. The highest BCUT2D eigenvalue weighted by Crippen LogP contribution is 2.22. The Kier molecular flexibility index (Phi) is 12.1. The van der Waals surface area contributed by atoms with E-state index >= 15 is 0 Å². The zero-order chi connectivity index (χ0) is 25.3. The minimum absolute atomic E-state index is 0.0112. The number of carbonyl (C=O) groups is 3. The van der Waals surface area contributed by atoms with Gasteiger partial charge in [0.05, 0.1) is 18.7 Å². The lowest BCUT2D eigenvalue weighted by Gasteiger charge is -2.39. The third kappa shape index (κ3) is 8.13. The minimum atomic E-state index is -0.610. The monoisotopic (exact) mass is 465 g/mol. The summed E-state index contributed by atoms with van der Waals surface area (Å²) in [7, 11) is 1.75. The van der Waals surface area contributed by atoms with E-state index in [1.54, 1.807) is 31.9 Å². The number of carbonyl (C=O) groups excluding carboxylic acids is 3. The highest BCUT2D eigenvalue weighted by atomic mass is 16.5. The summed E-state index contributed by atoms with van der Waals surface area (Å²) < 4.78 is 5.10. The summed E-state index contributed by atoms with van der Waals surface area (Å²) in [5.41, 5.74) is 0.481. The molecule has 2 amide bonds. The lowest BCUT2D eigenvalue weighted by atomic mass is 9.93. The first-order chi connectivity index (χ1) is 15.5. The molecule has 190 valence electrons. The molecule has 1 fully saturated rings. The molecule has 1 aliphatic heterocycles. The molecule has 0 radical (unpaired) electrons. The lowest BCUT2D eigenvalue weighted by Crippen LogP contribution is -2.59. The van der Waals surface area contributed by atoms with Gasteiger partial charge in [-0.15, -0.1) is 0 Å². The fourth-order valence-corrected chi connectivity index (χ4v) is 4.47. The van der Waals surface area contributed by atoms with E-state index in [9.17, 15) is 14.4 Å². The third-order valence-electron chi connectivity index (χ3n) is 6.78. The summed E-state index contributed by atoms with van der Waals surface area (Å²) in [6.45, 7) is 17.0. The Hall–Kier alpha value is -1.89. The van der Waals surface area contributed by atoms with Crippen LogP contribution in [0.1, 0.15) is 81.1 Å². The van der Waals surface area contributed by atoms with Crippen LogP contribution in [0.3, 0.4) is 0 Å². The van der Waals surface area contributed by atoms with Crippen LogP contribution in [0.15, 0.2) is 11.6 Å². The molecule has 1 aliphatic rings. The Labute approximate surface area is 201 Å². The van der Waals surface area contributed by atoms with Crippen molar-refractivity contribution in [3.8, 4) is 0 Å². The van der Waals surface area contributed by atoms with E-state index < -0.39 is 6.04 Å². The SMILES string of the molecule is CCOC(=O)/C(C)=C/C(C(C)C)N(C)C(=O)[C@H](NC(=O)[C@H]1CCCCN1C(C)C)[C@H](C)CC. The van der Waals surface area contributed by atoms with Gasteiger partial charge in [0.1, 0.15) is 6.04 Å². The van der Waals surface area contributed by atoms with Crippen LogP contribution < -0.4 is 5.32 Å². The van der Waals surface area contributed by atoms with E-state index in [0.717, 1.165) is 32.2 Å².